The van der Waals surface area contributed by atoms with E-state index >= 15 is 0 Å². The van der Waals surface area contributed by atoms with Crippen LogP contribution < -0.4 is 0 Å². The van der Waals surface area contributed by atoms with E-state index < -0.39 is 125 Å². The Morgan fingerprint density at radius 2 is 0.414 bits per heavy atom. The molecule has 0 amide bonds. The molecule has 0 aromatic heterocycles. The number of aliphatic hydroxyl groups excluding tert-OH is 3. The summed E-state index contributed by atoms with van der Waals surface area (Å²) in [7, 11) is 0. The van der Waals surface area contributed by atoms with Gasteiger partial charge in [0.25, 0.3) is 0 Å². The maximum Gasteiger partial charge on any atom is 0.460 e. The van der Waals surface area contributed by atoms with Gasteiger partial charge in [-0.25, -0.2) is 0 Å². The number of ketones is 3. The second-order valence-electron chi connectivity index (χ2n) is 9.11. The van der Waals surface area contributed by atoms with E-state index in [9.17, 15) is 146 Å². The molecule has 0 fully saturated rings. The van der Waals surface area contributed by atoms with E-state index in [2.05, 4.69) is 0 Å². The molecule has 6 nitrogen and oxygen atoms in total. The molecule has 0 aliphatic heterocycles. The maximum atomic E-state index is 12.5. The van der Waals surface area contributed by atoms with Crippen molar-refractivity contribution < 1.29 is 208 Å². The van der Waals surface area contributed by atoms with Gasteiger partial charge in [0.05, 0.1) is 0 Å². The molecule has 0 spiro atoms. The molecule has 0 aliphatic carbocycles. The zero-order chi connectivity index (χ0) is 47.6. The molecule has 0 unspecified atom stereocenters. The number of hydrogen-bond acceptors (Lipinski definition) is 6. The second-order valence-corrected chi connectivity index (χ2v) is 9.11. The summed E-state index contributed by atoms with van der Waals surface area (Å²) < 4.78 is 357. The van der Waals surface area contributed by atoms with Gasteiger partial charge < -0.3 is 15.3 Å². The monoisotopic (exact) mass is 1100 g/mol. The van der Waals surface area contributed by atoms with Crippen molar-refractivity contribution in [1.29, 1.82) is 0 Å². The van der Waals surface area contributed by atoms with Crippen LogP contribution in [0.15, 0.2) is 35.5 Å². The molecule has 0 saturated carbocycles. The van der Waals surface area contributed by atoms with E-state index in [1.807, 2.05) is 0 Å². The molecular formula is C21H6F30O6Yb. The molecule has 0 heterocycles. The van der Waals surface area contributed by atoms with E-state index in [-0.39, 0.29) is 46.9 Å². The van der Waals surface area contributed by atoms with Crippen molar-refractivity contribution in [1.82, 2.24) is 0 Å². The van der Waals surface area contributed by atoms with Gasteiger partial charge in [-0.15, -0.1) is 0 Å². The average Bonchev–Trinajstić information content (AvgIpc) is 2.93. The minimum Gasteiger partial charge on any atom is -0.504 e. The summed E-state index contributed by atoms with van der Waals surface area (Å²) in [5, 5.41) is 24.1. The van der Waals surface area contributed by atoms with Gasteiger partial charge >= 0.3 is 72.6 Å². The predicted octanol–water partition coefficient (Wildman–Crippen LogP) is 10.2. The topological polar surface area (TPSA) is 112 Å². The van der Waals surface area contributed by atoms with Crippen LogP contribution >= 0.6 is 0 Å². The van der Waals surface area contributed by atoms with Crippen LogP contribution in [0.5, 0.6) is 0 Å². The van der Waals surface area contributed by atoms with Gasteiger partial charge in [-0.1, -0.05) is 0 Å². The maximum absolute atomic E-state index is 12.5. The number of alkyl halides is 30. The first-order valence-corrected chi connectivity index (χ1v) is 11.7. The van der Waals surface area contributed by atoms with Crippen molar-refractivity contribution in [3.05, 3.63) is 35.5 Å². The summed E-state index contributed by atoms with van der Waals surface area (Å²) in [4.78, 5) is 31.0. The smallest absolute Gasteiger partial charge is 0.460 e. The number of hydrogen-bond donors (Lipinski definition) is 3. The minimum atomic E-state index is -6.89. The first-order chi connectivity index (χ1) is 24.1. The van der Waals surface area contributed by atoms with Gasteiger partial charge in [-0.2, -0.15) is 132 Å². The molecule has 0 bridgehead atoms. The van der Waals surface area contributed by atoms with Gasteiger partial charge in [-0.05, 0) is 0 Å². The van der Waals surface area contributed by atoms with Crippen molar-refractivity contribution in [3.63, 3.8) is 0 Å². The van der Waals surface area contributed by atoms with Gasteiger partial charge in [0.15, 0.2) is 0 Å². The number of carbonyl (C=O) groups is 3. The standard InChI is InChI=1S/3C7H2F10O2.Yb/c3*8-4(9,6(13,14)7(15,16)17)2(18)1-3(19)5(10,11)12;/h3*1,19H;. The van der Waals surface area contributed by atoms with E-state index in [1.54, 1.807) is 0 Å². The summed E-state index contributed by atoms with van der Waals surface area (Å²) in [5.74, 6) is -59.9. The number of aliphatic hydroxyl groups is 3. The number of carbonyl (C=O) groups excluding carboxylic acids is 3. The summed E-state index contributed by atoms with van der Waals surface area (Å²) in [6.07, 6.45) is -42.2. The molecule has 0 atom stereocenters. The van der Waals surface area contributed by atoms with Crippen molar-refractivity contribution in [2.45, 2.75) is 72.6 Å². The van der Waals surface area contributed by atoms with Crippen LogP contribution in [0, 0.1) is 46.9 Å². The van der Waals surface area contributed by atoms with E-state index in [0.717, 1.165) is 0 Å². The van der Waals surface area contributed by atoms with Crippen LogP contribution in [-0.4, -0.2) is 105 Å². The first-order valence-electron chi connectivity index (χ1n) is 11.7. The van der Waals surface area contributed by atoms with Crippen molar-refractivity contribution >= 4 is 17.3 Å². The van der Waals surface area contributed by atoms with Crippen LogP contribution in [0.4, 0.5) is 132 Å². The summed E-state index contributed by atoms with van der Waals surface area (Å²) in [6, 6.07) is 0. The largest absolute Gasteiger partial charge is 0.504 e. The Bertz CT molecular complexity index is 1350. The van der Waals surface area contributed by atoms with E-state index in [0.29, 0.717) is 0 Å². The van der Waals surface area contributed by atoms with Crippen molar-refractivity contribution in [2.75, 3.05) is 0 Å². The van der Waals surface area contributed by atoms with Gasteiger partial charge in [0.1, 0.15) is 0 Å². The Balaban J connectivity index is -0.000000374. The Morgan fingerprint density at radius 1 is 0.293 bits per heavy atom. The fourth-order valence-electron chi connectivity index (χ4n) is 1.89. The molecule has 0 aromatic carbocycles. The van der Waals surface area contributed by atoms with Crippen LogP contribution in [0.25, 0.3) is 0 Å². The molecule has 0 aromatic rings. The summed E-state index contributed by atoms with van der Waals surface area (Å²) in [6.45, 7) is 0. The summed E-state index contributed by atoms with van der Waals surface area (Å²) >= 11 is 0. The summed E-state index contributed by atoms with van der Waals surface area (Å²) in [5.41, 5.74) is 0. The molecule has 0 rings (SSSR count). The fraction of sp³-hybridized carbons (Fsp3) is 0.571. The third kappa shape index (κ3) is 14.6. The molecule has 37 heteroatoms. The van der Waals surface area contributed by atoms with Crippen LogP contribution in [0.2, 0.25) is 0 Å². The van der Waals surface area contributed by atoms with E-state index in [4.69, 9.17) is 15.3 Å². The normalized spacial score (nSPS) is 15.3. The molecule has 0 radical (unpaired) electrons. The van der Waals surface area contributed by atoms with Crippen molar-refractivity contribution in [3.8, 4) is 0 Å². The number of halogens is 30. The van der Waals surface area contributed by atoms with E-state index in [1.165, 1.54) is 0 Å². The Hall–Kier alpha value is -2.95. The Kier molecular flexibility index (Phi) is 20.0. The van der Waals surface area contributed by atoms with Gasteiger partial charge in [0.2, 0.25) is 34.6 Å². The Morgan fingerprint density at radius 3 is 0.500 bits per heavy atom. The van der Waals surface area contributed by atoms with Crippen LogP contribution in [-0.2, 0) is 14.4 Å². The van der Waals surface area contributed by atoms with Gasteiger partial charge in [-0.3, -0.25) is 14.4 Å². The predicted molar refractivity (Wildman–Crippen MR) is 113 cm³/mol. The zero-order valence-electron chi connectivity index (χ0n) is 24.9. The Labute approximate surface area is 333 Å². The van der Waals surface area contributed by atoms with Gasteiger partial charge in [0, 0.05) is 65.2 Å². The fourth-order valence-corrected chi connectivity index (χ4v) is 1.89. The minimum absolute atomic E-state index is 0. The quantitative estimate of drug-likeness (QED) is 0.121. The third-order valence-electron chi connectivity index (χ3n) is 4.85. The molecule has 350 valence electrons. The number of allylic oxidation sites excluding steroid dienone is 6. The van der Waals surface area contributed by atoms with Crippen LogP contribution in [0.1, 0.15) is 0 Å². The SMILES string of the molecule is O=C(C=C(O)C(F)(F)F)C(F)(F)C(F)(F)C(F)(F)F.O=C(C=C(O)C(F)(F)F)C(F)(F)C(F)(F)C(F)(F)F.O=C(C=C(O)C(F)(F)F)C(F)(F)C(F)(F)C(F)(F)F.[Yb]. The molecular weight excluding hydrogens is 1090 g/mol. The molecule has 0 saturated heterocycles. The average molecular weight is 1100 g/mol. The molecule has 0 aliphatic rings. The number of rotatable bonds is 9. The van der Waals surface area contributed by atoms with Crippen LogP contribution in [0.3, 0.4) is 0 Å². The first kappa shape index (κ1) is 61.7. The molecule has 3 N–H and O–H groups in total. The zero-order valence-corrected chi connectivity index (χ0v) is 26.6. The second kappa shape index (κ2) is 18.8. The molecule has 58 heavy (non-hydrogen) atoms. The third-order valence-corrected chi connectivity index (χ3v) is 4.85. The van der Waals surface area contributed by atoms with Crippen molar-refractivity contribution in [2.24, 2.45) is 0 Å².